The number of nitrogens with two attached hydrogens (primary N) is 2. The molecule has 5 nitrogen and oxygen atoms in total. The molecule has 1 heterocycles. The first-order valence-corrected chi connectivity index (χ1v) is 5.33. The molecule has 0 saturated heterocycles. The van der Waals surface area contributed by atoms with E-state index in [0.29, 0.717) is 18.1 Å². The minimum absolute atomic E-state index is 0.159. The summed E-state index contributed by atoms with van der Waals surface area (Å²) in [5.74, 6) is 1.26. The number of aromatic nitrogens is 2. The lowest BCUT2D eigenvalue weighted by molar-refractivity contribution is 0.341. The molecule has 1 aromatic carbocycles. The van der Waals surface area contributed by atoms with Gasteiger partial charge in [-0.05, 0) is 19.1 Å². The number of nitrogens with zero attached hydrogens (tertiary/aromatic N) is 2. The molecule has 0 aliphatic heterocycles. The summed E-state index contributed by atoms with van der Waals surface area (Å²) in [7, 11) is 0. The van der Waals surface area contributed by atoms with Gasteiger partial charge in [0.15, 0.2) is 0 Å². The highest BCUT2D eigenvalue weighted by atomic mass is 16.5. The van der Waals surface area contributed by atoms with Crippen LogP contribution in [0, 0.1) is 0 Å². The highest BCUT2D eigenvalue weighted by Gasteiger charge is 2.08. The van der Waals surface area contributed by atoms with Crippen molar-refractivity contribution in [2.75, 3.05) is 18.1 Å². The monoisotopic (exact) mass is 230 g/mol. The number of hydrogen-bond donors (Lipinski definition) is 2. The van der Waals surface area contributed by atoms with Crippen LogP contribution in [0.4, 0.5) is 11.8 Å². The zero-order valence-electron chi connectivity index (χ0n) is 9.55. The van der Waals surface area contributed by atoms with Crippen LogP contribution in [-0.2, 0) is 0 Å². The maximum Gasteiger partial charge on any atom is 0.222 e. The van der Waals surface area contributed by atoms with Gasteiger partial charge < -0.3 is 16.2 Å². The molecular weight excluding hydrogens is 216 g/mol. The molecule has 4 N–H and O–H groups in total. The summed E-state index contributed by atoms with van der Waals surface area (Å²) in [6.45, 7) is 2.52. The van der Waals surface area contributed by atoms with Crippen molar-refractivity contribution in [1.82, 2.24) is 9.97 Å². The largest absolute Gasteiger partial charge is 0.493 e. The Balaban J connectivity index is 2.51. The van der Waals surface area contributed by atoms with Crippen molar-refractivity contribution in [3.63, 3.8) is 0 Å². The van der Waals surface area contributed by atoms with E-state index in [0.717, 1.165) is 11.3 Å². The van der Waals surface area contributed by atoms with Crippen LogP contribution in [0.2, 0.25) is 0 Å². The third kappa shape index (κ3) is 2.44. The number of hydrogen-bond acceptors (Lipinski definition) is 5. The Kier molecular flexibility index (Phi) is 3.09. The number of ether oxygens (including phenoxy) is 1. The zero-order chi connectivity index (χ0) is 12.3. The number of benzene rings is 1. The molecule has 2 aromatic rings. The predicted molar refractivity (Wildman–Crippen MR) is 67.5 cm³/mol. The average molecular weight is 230 g/mol. The molecule has 0 fully saturated rings. The molecule has 0 unspecified atom stereocenters. The van der Waals surface area contributed by atoms with Crippen molar-refractivity contribution >= 4 is 11.8 Å². The minimum atomic E-state index is 0.159. The molecule has 0 bridgehead atoms. The molecule has 0 atom stereocenters. The maximum absolute atomic E-state index is 5.65. The summed E-state index contributed by atoms with van der Waals surface area (Å²) in [5.41, 5.74) is 12.7. The van der Waals surface area contributed by atoms with E-state index in [1.54, 1.807) is 6.07 Å². The third-order valence-electron chi connectivity index (χ3n) is 2.23. The van der Waals surface area contributed by atoms with E-state index in [9.17, 15) is 0 Å². The van der Waals surface area contributed by atoms with Gasteiger partial charge in [0.25, 0.3) is 0 Å². The fourth-order valence-electron chi connectivity index (χ4n) is 1.58. The van der Waals surface area contributed by atoms with Gasteiger partial charge in [-0.3, -0.25) is 0 Å². The quantitative estimate of drug-likeness (QED) is 0.838. The van der Waals surface area contributed by atoms with Gasteiger partial charge >= 0.3 is 0 Å². The maximum atomic E-state index is 5.65. The van der Waals surface area contributed by atoms with Gasteiger partial charge in [0, 0.05) is 11.6 Å². The Hall–Kier alpha value is -2.30. The molecule has 0 aliphatic carbocycles. The fourth-order valence-corrected chi connectivity index (χ4v) is 1.58. The standard InChI is InChI=1S/C12H14N4O/c1-2-17-10-6-4-3-5-8(10)9-7-11(13)16-12(14)15-9/h3-7H,2H2,1H3,(H4,13,14,15,16). The summed E-state index contributed by atoms with van der Waals surface area (Å²) >= 11 is 0. The molecular formula is C12H14N4O. The second-order valence-electron chi connectivity index (χ2n) is 3.47. The molecule has 88 valence electrons. The van der Waals surface area contributed by atoms with Crippen molar-refractivity contribution in [1.29, 1.82) is 0 Å². The molecule has 0 saturated carbocycles. The molecule has 0 aliphatic rings. The highest BCUT2D eigenvalue weighted by molar-refractivity contribution is 5.69. The van der Waals surface area contributed by atoms with Crippen molar-refractivity contribution in [2.24, 2.45) is 0 Å². The van der Waals surface area contributed by atoms with E-state index < -0.39 is 0 Å². The topological polar surface area (TPSA) is 87.0 Å². The number of rotatable bonds is 3. The van der Waals surface area contributed by atoms with E-state index in [1.165, 1.54) is 0 Å². The van der Waals surface area contributed by atoms with E-state index in [-0.39, 0.29) is 5.95 Å². The van der Waals surface area contributed by atoms with E-state index >= 15 is 0 Å². The first-order valence-electron chi connectivity index (χ1n) is 5.33. The van der Waals surface area contributed by atoms with Crippen LogP contribution in [-0.4, -0.2) is 16.6 Å². The van der Waals surface area contributed by atoms with Gasteiger partial charge in [0.1, 0.15) is 11.6 Å². The van der Waals surface area contributed by atoms with E-state index in [1.807, 2.05) is 31.2 Å². The summed E-state index contributed by atoms with van der Waals surface area (Å²) in [6.07, 6.45) is 0. The molecule has 2 rings (SSSR count). The second kappa shape index (κ2) is 4.69. The van der Waals surface area contributed by atoms with Gasteiger partial charge in [-0.1, -0.05) is 12.1 Å². The summed E-state index contributed by atoms with van der Waals surface area (Å²) in [5, 5.41) is 0. The van der Waals surface area contributed by atoms with E-state index in [4.69, 9.17) is 16.2 Å². The smallest absolute Gasteiger partial charge is 0.222 e. The summed E-state index contributed by atoms with van der Waals surface area (Å²) < 4.78 is 5.53. The first-order chi connectivity index (χ1) is 8.20. The van der Waals surface area contributed by atoms with Crippen LogP contribution in [0.15, 0.2) is 30.3 Å². The SMILES string of the molecule is CCOc1ccccc1-c1cc(N)nc(N)n1. The number of anilines is 2. The van der Waals surface area contributed by atoms with Crippen molar-refractivity contribution in [3.05, 3.63) is 30.3 Å². The normalized spacial score (nSPS) is 10.2. The molecule has 0 radical (unpaired) electrons. The first kappa shape index (κ1) is 11.2. The van der Waals surface area contributed by atoms with Gasteiger partial charge in [-0.2, -0.15) is 4.98 Å². The Morgan fingerprint density at radius 1 is 1.18 bits per heavy atom. The lowest BCUT2D eigenvalue weighted by Crippen LogP contribution is -2.01. The van der Waals surface area contributed by atoms with Gasteiger partial charge in [0.2, 0.25) is 5.95 Å². The lowest BCUT2D eigenvalue weighted by atomic mass is 10.1. The minimum Gasteiger partial charge on any atom is -0.493 e. The van der Waals surface area contributed by atoms with E-state index in [2.05, 4.69) is 9.97 Å². The Morgan fingerprint density at radius 2 is 1.94 bits per heavy atom. The lowest BCUT2D eigenvalue weighted by Gasteiger charge is -2.09. The van der Waals surface area contributed by atoms with Crippen LogP contribution in [0.3, 0.4) is 0 Å². The molecule has 0 amide bonds. The summed E-state index contributed by atoms with van der Waals surface area (Å²) in [6, 6.07) is 9.28. The van der Waals surface area contributed by atoms with Crippen LogP contribution >= 0.6 is 0 Å². The van der Waals surface area contributed by atoms with Gasteiger partial charge in [-0.25, -0.2) is 4.98 Å². The van der Waals surface area contributed by atoms with Crippen LogP contribution < -0.4 is 16.2 Å². The van der Waals surface area contributed by atoms with Gasteiger partial charge in [-0.15, -0.1) is 0 Å². The molecule has 17 heavy (non-hydrogen) atoms. The fraction of sp³-hybridized carbons (Fsp3) is 0.167. The van der Waals surface area contributed by atoms with Crippen molar-refractivity contribution in [3.8, 4) is 17.0 Å². The number of nitrogen functional groups attached to an aromatic ring is 2. The predicted octanol–water partition coefficient (Wildman–Crippen LogP) is 1.71. The summed E-state index contributed by atoms with van der Waals surface area (Å²) in [4.78, 5) is 7.99. The van der Waals surface area contributed by atoms with Crippen LogP contribution in [0.1, 0.15) is 6.92 Å². The van der Waals surface area contributed by atoms with Gasteiger partial charge in [0.05, 0.1) is 12.3 Å². The van der Waals surface area contributed by atoms with Crippen molar-refractivity contribution < 1.29 is 4.74 Å². The molecule has 0 spiro atoms. The Labute approximate surface area is 99.5 Å². The van der Waals surface area contributed by atoms with Crippen LogP contribution in [0.25, 0.3) is 11.3 Å². The van der Waals surface area contributed by atoms with Crippen LogP contribution in [0.5, 0.6) is 5.75 Å². The van der Waals surface area contributed by atoms with Crippen molar-refractivity contribution in [2.45, 2.75) is 6.92 Å². The Bertz CT molecular complexity index is 507. The number of para-hydroxylation sites is 1. The third-order valence-corrected chi connectivity index (χ3v) is 2.23. The highest BCUT2D eigenvalue weighted by Crippen LogP contribution is 2.29. The second-order valence-corrected chi connectivity index (χ2v) is 3.47. The molecule has 1 aromatic heterocycles. The zero-order valence-corrected chi connectivity index (χ0v) is 9.55. The Morgan fingerprint density at radius 3 is 2.65 bits per heavy atom. The molecule has 5 heteroatoms. The average Bonchev–Trinajstić information content (AvgIpc) is 2.29.